The number of likely N-dealkylation sites (tertiary alicyclic amines) is 2. The monoisotopic (exact) mass is 549 g/mol. The minimum absolute atomic E-state index is 0. The standard InChI is InChI=1S/C21H35N5O2S.HI/c1-4-22-21(26-11-7-18(8-12-26)20(27)28-3)23-13-17-5-9-25(10-6-17)14-19-15-29-16(2)24-19;/h15,17-18H,4-14H2,1-3H3,(H,22,23);1H. The van der Waals surface area contributed by atoms with Crippen molar-refractivity contribution in [2.24, 2.45) is 16.8 Å². The van der Waals surface area contributed by atoms with Crippen LogP contribution in [-0.4, -0.2) is 73.1 Å². The van der Waals surface area contributed by atoms with Crippen LogP contribution in [0.4, 0.5) is 0 Å². The highest BCUT2D eigenvalue weighted by Crippen LogP contribution is 2.21. The molecule has 0 unspecified atom stereocenters. The molecule has 0 aromatic carbocycles. The van der Waals surface area contributed by atoms with Crippen LogP contribution in [0.3, 0.4) is 0 Å². The van der Waals surface area contributed by atoms with Gasteiger partial charge in [0.15, 0.2) is 5.96 Å². The Morgan fingerprint density at radius 2 is 1.97 bits per heavy atom. The number of carbonyl (C=O) groups is 1. The third-order valence-corrected chi connectivity index (χ3v) is 6.74. The van der Waals surface area contributed by atoms with Gasteiger partial charge in [-0.25, -0.2) is 4.98 Å². The molecule has 2 fully saturated rings. The number of rotatable bonds is 6. The summed E-state index contributed by atoms with van der Waals surface area (Å²) in [4.78, 5) is 26.1. The van der Waals surface area contributed by atoms with Gasteiger partial charge in [-0.15, -0.1) is 35.3 Å². The average Bonchev–Trinajstić information content (AvgIpc) is 3.16. The second-order valence-corrected chi connectivity index (χ2v) is 9.12. The quantitative estimate of drug-likeness (QED) is 0.255. The molecule has 170 valence electrons. The predicted octanol–water partition coefficient (Wildman–Crippen LogP) is 3.13. The Labute approximate surface area is 201 Å². The van der Waals surface area contributed by atoms with Crippen molar-refractivity contribution in [2.45, 2.75) is 46.1 Å². The Bertz CT molecular complexity index is 683. The minimum Gasteiger partial charge on any atom is -0.469 e. The molecule has 1 N–H and O–H groups in total. The van der Waals surface area contributed by atoms with Crippen LogP contribution < -0.4 is 5.32 Å². The van der Waals surface area contributed by atoms with Crippen molar-refractivity contribution < 1.29 is 9.53 Å². The van der Waals surface area contributed by atoms with Crippen molar-refractivity contribution in [2.75, 3.05) is 46.4 Å². The maximum absolute atomic E-state index is 11.8. The van der Waals surface area contributed by atoms with Crippen LogP contribution >= 0.6 is 35.3 Å². The molecule has 1 aromatic rings. The van der Waals surface area contributed by atoms with Gasteiger partial charge in [0, 0.05) is 38.1 Å². The van der Waals surface area contributed by atoms with Crippen LogP contribution in [0, 0.1) is 18.8 Å². The Morgan fingerprint density at radius 1 is 1.27 bits per heavy atom. The molecule has 0 atom stereocenters. The molecule has 2 aliphatic rings. The number of carbonyl (C=O) groups excluding carboxylic acids is 1. The molecule has 3 heterocycles. The number of hydrogen-bond acceptors (Lipinski definition) is 6. The number of ether oxygens (including phenoxy) is 1. The summed E-state index contributed by atoms with van der Waals surface area (Å²) in [6.07, 6.45) is 4.06. The average molecular weight is 550 g/mol. The van der Waals surface area contributed by atoms with Gasteiger partial charge in [-0.1, -0.05) is 0 Å². The van der Waals surface area contributed by atoms with Gasteiger partial charge in [-0.3, -0.25) is 14.7 Å². The number of aromatic nitrogens is 1. The van der Waals surface area contributed by atoms with E-state index >= 15 is 0 Å². The molecule has 0 aliphatic carbocycles. The number of halogens is 1. The van der Waals surface area contributed by atoms with Gasteiger partial charge >= 0.3 is 5.97 Å². The first-order chi connectivity index (χ1) is 14.1. The number of esters is 1. The van der Waals surface area contributed by atoms with Gasteiger partial charge in [0.1, 0.15) is 0 Å². The first-order valence-corrected chi connectivity index (χ1v) is 11.7. The lowest BCUT2D eigenvalue weighted by atomic mass is 9.96. The van der Waals surface area contributed by atoms with Gasteiger partial charge in [-0.2, -0.15) is 0 Å². The molecule has 2 saturated heterocycles. The first-order valence-electron chi connectivity index (χ1n) is 10.8. The number of hydrogen-bond donors (Lipinski definition) is 1. The molecule has 0 spiro atoms. The zero-order chi connectivity index (χ0) is 20.6. The van der Waals surface area contributed by atoms with Gasteiger partial charge in [0.05, 0.1) is 23.7 Å². The highest BCUT2D eigenvalue weighted by molar-refractivity contribution is 14.0. The fourth-order valence-corrected chi connectivity index (χ4v) is 4.78. The summed E-state index contributed by atoms with van der Waals surface area (Å²) in [5, 5.41) is 6.76. The molecule has 2 aliphatic heterocycles. The van der Waals surface area contributed by atoms with Crippen LogP contribution in [0.2, 0.25) is 0 Å². The van der Waals surface area contributed by atoms with Crippen molar-refractivity contribution in [3.63, 3.8) is 0 Å². The molecule has 3 rings (SSSR count). The van der Waals surface area contributed by atoms with Gasteiger partial charge in [-0.05, 0) is 58.5 Å². The number of nitrogens with one attached hydrogen (secondary N) is 1. The van der Waals surface area contributed by atoms with Gasteiger partial charge in [0.2, 0.25) is 0 Å². The second kappa shape index (κ2) is 12.8. The minimum atomic E-state index is -0.0776. The molecule has 0 bridgehead atoms. The van der Waals surface area contributed by atoms with E-state index in [4.69, 9.17) is 9.73 Å². The summed E-state index contributed by atoms with van der Waals surface area (Å²) in [5.74, 6) is 1.59. The highest BCUT2D eigenvalue weighted by atomic mass is 127. The maximum Gasteiger partial charge on any atom is 0.308 e. The summed E-state index contributed by atoms with van der Waals surface area (Å²) >= 11 is 1.73. The zero-order valence-corrected chi connectivity index (χ0v) is 21.6. The Kier molecular flexibility index (Phi) is 10.8. The molecule has 0 saturated carbocycles. The number of nitrogens with zero attached hydrogens (tertiary/aromatic N) is 4. The van der Waals surface area contributed by atoms with Gasteiger partial charge < -0.3 is 15.0 Å². The third-order valence-electron chi connectivity index (χ3n) is 5.92. The number of thiazole rings is 1. The number of guanidine groups is 1. The lowest BCUT2D eigenvalue weighted by molar-refractivity contribution is -0.146. The fourth-order valence-electron chi connectivity index (χ4n) is 4.17. The van der Waals surface area contributed by atoms with Crippen molar-refractivity contribution >= 4 is 47.2 Å². The number of aryl methyl sites for hydroxylation is 1. The smallest absolute Gasteiger partial charge is 0.308 e. The molecule has 7 nitrogen and oxygen atoms in total. The van der Waals surface area contributed by atoms with E-state index in [9.17, 15) is 4.79 Å². The van der Waals surface area contributed by atoms with E-state index in [2.05, 4.69) is 39.3 Å². The number of methoxy groups -OCH3 is 1. The van der Waals surface area contributed by atoms with E-state index in [1.165, 1.54) is 25.6 Å². The van der Waals surface area contributed by atoms with Crippen molar-refractivity contribution in [3.8, 4) is 0 Å². The molecule has 30 heavy (non-hydrogen) atoms. The van der Waals surface area contributed by atoms with Crippen LogP contribution in [0.15, 0.2) is 10.4 Å². The van der Waals surface area contributed by atoms with E-state index in [1.807, 2.05) is 0 Å². The summed E-state index contributed by atoms with van der Waals surface area (Å²) in [5.41, 5.74) is 1.20. The summed E-state index contributed by atoms with van der Waals surface area (Å²) in [6, 6.07) is 0. The summed E-state index contributed by atoms with van der Waals surface area (Å²) in [7, 11) is 1.48. The van der Waals surface area contributed by atoms with Gasteiger partial charge in [0.25, 0.3) is 0 Å². The SMILES string of the molecule is CCNC(=NCC1CCN(Cc2csc(C)n2)CC1)N1CCC(C(=O)OC)CC1.I. The Morgan fingerprint density at radius 3 is 2.53 bits per heavy atom. The predicted molar refractivity (Wildman–Crippen MR) is 133 cm³/mol. The zero-order valence-electron chi connectivity index (χ0n) is 18.4. The van der Waals surface area contributed by atoms with E-state index in [1.54, 1.807) is 11.3 Å². The molecular weight excluding hydrogens is 513 g/mol. The molecule has 0 amide bonds. The Hall–Kier alpha value is -0.940. The topological polar surface area (TPSA) is 70.1 Å². The lowest BCUT2D eigenvalue weighted by Gasteiger charge is -2.34. The molecule has 0 radical (unpaired) electrons. The molecular formula is C21H36IN5O2S. The number of piperidine rings is 2. The third kappa shape index (κ3) is 7.33. The lowest BCUT2D eigenvalue weighted by Crippen LogP contribution is -2.47. The molecule has 9 heteroatoms. The van der Waals surface area contributed by atoms with E-state index in [0.717, 1.165) is 69.6 Å². The van der Waals surface area contributed by atoms with E-state index in [-0.39, 0.29) is 35.9 Å². The van der Waals surface area contributed by atoms with Crippen LogP contribution in [-0.2, 0) is 16.1 Å². The van der Waals surface area contributed by atoms with Crippen LogP contribution in [0.5, 0.6) is 0 Å². The van der Waals surface area contributed by atoms with Crippen LogP contribution in [0.1, 0.15) is 43.3 Å². The van der Waals surface area contributed by atoms with Crippen molar-refractivity contribution in [1.82, 2.24) is 20.1 Å². The molecule has 1 aromatic heterocycles. The summed E-state index contributed by atoms with van der Waals surface area (Å²) < 4.78 is 4.90. The Balaban J connectivity index is 0.00000320. The summed E-state index contributed by atoms with van der Waals surface area (Å²) in [6.45, 7) is 10.8. The van der Waals surface area contributed by atoms with Crippen molar-refractivity contribution in [3.05, 3.63) is 16.1 Å². The highest BCUT2D eigenvalue weighted by Gasteiger charge is 2.27. The number of aliphatic imine (C=N–C) groups is 1. The first kappa shape index (κ1) is 25.3. The normalized spacial score (nSPS) is 19.4. The maximum atomic E-state index is 11.8. The van der Waals surface area contributed by atoms with E-state index in [0.29, 0.717) is 5.92 Å². The van der Waals surface area contributed by atoms with E-state index < -0.39 is 0 Å². The fraction of sp³-hybridized carbons (Fsp3) is 0.762. The van der Waals surface area contributed by atoms with Crippen molar-refractivity contribution in [1.29, 1.82) is 0 Å². The second-order valence-electron chi connectivity index (χ2n) is 8.06. The largest absolute Gasteiger partial charge is 0.469 e. The van der Waals surface area contributed by atoms with Crippen LogP contribution in [0.25, 0.3) is 0 Å².